The van der Waals surface area contributed by atoms with Gasteiger partial charge in [-0.2, -0.15) is 4.99 Å². The standard InChI is InChI=1S/C27H21N3O2S2/c1-18(19-13-15-22(32-2)16-14-19)24-25(31)30(21-11-7-4-8-12-21)27(34-24)29-26-28-23(17-33-26)20-9-5-3-6-10-20/h3-17H,1-2H3/b24-18-,29-27+. The van der Waals surface area contributed by atoms with Crippen molar-refractivity contribution in [2.24, 2.45) is 4.99 Å². The Morgan fingerprint density at radius 3 is 2.29 bits per heavy atom. The smallest absolute Gasteiger partial charge is 0.271 e. The Labute approximate surface area is 206 Å². The van der Waals surface area contributed by atoms with Gasteiger partial charge in [-0.15, -0.1) is 11.3 Å². The van der Waals surface area contributed by atoms with Gasteiger partial charge in [-0.3, -0.25) is 9.69 Å². The van der Waals surface area contributed by atoms with Crippen molar-refractivity contribution in [3.05, 3.63) is 101 Å². The Bertz CT molecular complexity index is 1380. The van der Waals surface area contributed by atoms with E-state index in [-0.39, 0.29) is 5.91 Å². The molecule has 3 aromatic carbocycles. The van der Waals surface area contributed by atoms with Gasteiger partial charge in [0.05, 0.1) is 23.4 Å². The van der Waals surface area contributed by atoms with Crippen molar-refractivity contribution in [3.63, 3.8) is 0 Å². The van der Waals surface area contributed by atoms with E-state index in [0.29, 0.717) is 15.2 Å². The molecule has 2 heterocycles. The number of carbonyl (C=O) groups excluding carboxylic acids is 1. The number of aliphatic imine (C=N–C) groups is 1. The fraction of sp³-hybridized carbons (Fsp3) is 0.0741. The number of nitrogens with zero attached hydrogens (tertiary/aromatic N) is 3. The minimum absolute atomic E-state index is 0.0943. The summed E-state index contributed by atoms with van der Waals surface area (Å²) in [7, 11) is 1.64. The van der Waals surface area contributed by atoms with Crippen molar-refractivity contribution >= 4 is 50.6 Å². The fourth-order valence-corrected chi connectivity index (χ4v) is 5.39. The number of rotatable bonds is 5. The van der Waals surface area contributed by atoms with Crippen LogP contribution in [0.4, 0.5) is 10.8 Å². The molecule has 1 aromatic heterocycles. The highest BCUT2D eigenvalue weighted by Crippen LogP contribution is 2.41. The number of allylic oxidation sites excluding steroid dienone is 1. The minimum atomic E-state index is -0.0943. The van der Waals surface area contributed by atoms with Crippen LogP contribution in [0.1, 0.15) is 12.5 Å². The molecule has 0 unspecified atom stereocenters. The number of aromatic nitrogens is 1. The molecule has 34 heavy (non-hydrogen) atoms. The fourth-order valence-electron chi connectivity index (χ4n) is 3.59. The number of carbonyl (C=O) groups is 1. The van der Waals surface area contributed by atoms with Gasteiger partial charge in [0.15, 0.2) is 5.17 Å². The molecule has 0 saturated carbocycles. The largest absolute Gasteiger partial charge is 0.497 e. The molecule has 0 spiro atoms. The quantitative estimate of drug-likeness (QED) is 0.286. The SMILES string of the molecule is COc1ccc(/C(C)=C2\S/C(=N/c3nc(-c4ccccc4)cs3)N(c3ccccc3)C2=O)cc1. The number of hydrogen-bond acceptors (Lipinski definition) is 6. The summed E-state index contributed by atoms with van der Waals surface area (Å²) in [5.74, 6) is 0.682. The van der Waals surface area contributed by atoms with E-state index < -0.39 is 0 Å². The van der Waals surface area contributed by atoms with Gasteiger partial charge in [0.25, 0.3) is 5.91 Å². The number of benzene rings is 3. The van der Waals surface area contributed by atoms with Crippen LogP contribution in [0.3, 0.4) is 0 Å². The highest BCUT2D eigenvalue weighted by molar-refractivity contribution is 8.19. The molecule has 1 saturated heterocycles. The predicted octanol–water partition coefficient (Wildman–Crippen LogP) is 7.02. The number of amidine groups is 1. The maximum absolute atomic E-state index is 13.6. The Hall–Kier alpha value is -3.68. The first-order chi connectivity index (χ1) is 16.6. The van der Waals surface area contributed by atoms with E-state index >= 15 is 0 Å². The summed E-state index contributed by atoms with van der Waals surface area (Å²) in [4.78, 5) is 25.4. The van der Waals surface area contributed by atoms with Gasteiger partial charge < -0.3 is 4.74 Å². The lowest BCUT2D eigenvalue weighted by Crippen LogP contribution is -2.28. The Balaban J connectivity index is 1.55. The first-order valence-corrected chi connectivity index (χ1v) is 12.4. The van der Waals surface area contributed by atoms with Gasteiger partial charge in [-0.05, 0) is 54.1 Å². The van der Waals surface area contributed by atoms with Crippen LogP contribution < -0.4 is 9.64 Å². The monoisotopic (exact) mass is 483 g/mol. The molecule has 1 fully saturated rings. The normalized spacial score (nSPS) is 16.2. The number of ether oxygens (including phenoxy) is 1. The van der Waals surface area contributed by atoms with Crippen LogP contribution in [-0.2, 0) is 4.79 Å². The molecule has 168 valence electrons. The third kappa shape index (κ3) is 4.40. The number of thiazole rings is 1. The second kappa shape index (κ2) is 9.67. The van der Waals surface area contributed by atoms with Gasteiger partial charge in [-0.25, -0.2) is 4.98 Å². The van der Waals surface area contributed by atoms with Crippen LogP contribution in [0.15, 0.2) is 100 Å². The number of hydrogen-bond donors (Lipinski definition) is 0. The van der Waals surface area contributed by atoms with Gasteiger partial charge >= 0.3 is 0 Å². The zero-order chi connectivity index (χ0) is 23.5. The van der Waals surface area contributed by atoms with E-state index in [0.717, 1.165) is 33.8 Å². The zero-order valence-corrected chi connectivity index (χ0v) is 20.3. The summed E-state index contributed by atoms with van der Waals surface area (Å²) in [5.41, 5.74) is 4.54. The van der Waals surface area contributed by atoms with Crippen molar-refractivity contribution in [2.45, 2.75) is 6.92 Å². The van der Waals surface area contributed by atoms with E-state index in [2.05, 4.69) is 0 Å². The van der Waals surface area contributed by atoms with Crippen LogP contribution in [-0.4, -0.2) is 23.2 Å². The molecule has 0 N–H and O–H groups in total. The van der Waals surface area contributed by atoms with E-state index in [4.69, 9.17) is 14.7 Å². The third-order valence-electron chi connectivity index (χ3n) is 5.41. The molecule has 0 bridgehead atoms. The molecule has 7 heteroatoms. The summed E-state index contributed by atoms with van der Waals surface area (Å²) in [6.07, 6.45) is 0. The average Bonchev–Trinajstić information content (AvgIpc) is 3.49. The molecule has 1 aliphatic heterocycles. The zero-order valence-electron chi connectivity index (χ0n) is 18.6. The molecule has 0 aliphatic carbocycles. The summed E-state index contributed by atoms with van der Waals surface area (Å²) in [5, 5.41) is 3.19. The van der Waals surface area contributed by atoms with Crippen molar-refractivity contribution < 1.29 is 9.53 Å². The highest BCUT2D eigenvalue weighted by atomic mass is 32.2. The lowest BCUT2D eigenvalue weighted by atomic mass is 10.1. The van der Waals surface area contributed by atoms with E-state index in [1.807, 2.05) is 97.2 Å². The van der Waals surface area contributed by atoms with E-state index in [9.17, 15) is 4.79 Å². The summed E-state index contributed by atoms with van der Waals surface area (Å²) < 4.78 is 5.27. The molecule has 4 aromatic rings. The Morgan fingerprint density at radius 1 is 0.941 bits per heavy atom. The maximum atomic E-state index is 13.6. The topological polar surface area (TPSA) is 54.8 Å². The molecule has 0 radical (unpaired) electrons. The molecular weight excluding hydrogens is 462 g/mol. The second-order valence-electron chi connectivity index (χ2n) is 7.54. The van der Waals surface area contributed by atoms with Crippen molar-refractivity contribution in [3.8, 4) is 17.0 Å². The Kier molecular flexibility index (Phi) is 6.29. The third-order valence-corrected chi connectivity index (χ3v) is 7.29. The van der Waals surface area contributed by atoms with Crippen LogP contribution >= 0.6 is 23.1 Å². The summed E-state index contributed by atoms with van der Waals surface area (Å²) in [6, 6.07) is 27.3. The second-order valence-corrected chi connectivity index (χ2v) is 9.35. The maximum Gasteiger partial charge on any atom is 0.271 e. The molecular formula is C27H21N3O2S2. The average molecular weight is 484 g/mol. The van der Waals surface area contributed by atoms with Crippen molar-refractivity contribution in [1.29, 1.82) is 0 Å². The minimum Gasteiger partial charge on any atom is -0.497 e. The summed E-state index contributed by atoms with van der Waals surface area (Å²) in [6.45, 7) is 1.96. The summed E-state index contributed by atoms with van der Waals surface area (Å²) >= 11 is 2.84. The van der Waals surface area contributed by atoms with Crippen molar-refractivity contribution in [1.82, 2.24) is 4.98 Å². The first kappa shape index (κ1) is 22.1. The van der Waals surface area contributed by atoms with Gasteiger partial charge in [0.1, 0.15) is 5.75 Å². The van der Waals surface area contributed by atoms with Crippen LogP contribution in [0, 0.1) is 0 Å². The Morgan fingerprint density at radius 2 is 1.62 bits per heavy atom. The van der Waals surface area contributed by atoms with Gasteiger partial charge in [0, 0.05) is 10.9 Å². The molecule has 1 amide bonds. The van der Waals surface area contributed by atoms with Crippen molar-refractivity contribution in [2.75, 3.05) is 12.0 Å². The lowest BCUT2D eigenvalue weighted by Gasteiger charge is -2.15. The molecule has 1 aliphatic rings. The number of anilines is 1. The number of amides is 1. The van der Waals surface area contributed by atoms with E-state index in [1.165, 1.54) is 23.1 Å². The van der Waals surface area contributed by atoms with Crippen LogP contribution in [0.25, 0.3) is 16.8 Å². The number of methoxy groups -OCH3 is 1. The number of para-hydroxylation sites is 1. The number of thioether (sulfide) groups is 1. The van der Waals surface area contributed by atoms with Gasteiger partial charge in [0.2, 0.25) is 5.13 Å². The molecule has 0 atom stereocenters. The first-order valence-electron chi connectivity index (χ1n) is 10.7. The van der Waals surface area contributed by atoms with Crippen LogP contribution in [0.5, 0.6) is 5.75 Å². The lowest BCUT2D eigenvalue weighted by molar-refractivity contribution is -0.113. The molecule has 5 rings (SSSR count). The highest BCUT2D eigenvalue weighted by Gasteiger charge is 2.36. The van der Waals surface area contributed by atoms with E-state index in [1.54, 1.807) is 12.0 Å². The van der Waals surface area contributed by atoms with Gasteiger partial charge in [-0.1, -0.05) is 60.7 Å². The predicted molar refractivity (Wildman–Crippen MR) is 142 cm³/mol. The van der Waals surface area contributed by atoms with Crippen LogP contribution in [0.2, 0.25) is 0 Å². The molecule has 5 nitrogen and oxygen atoms in total.